The molecule has 3 rings (SSSR count). The van der Waals surface area contributed by atoms with Crippen LogP contribution in [0.1, 0.15) is 12.0 Å². The maximum absolute atomic E-state index is 12.0. The molecule has 3 atom stereocenters. The molecule has 1 heterocycles. The first-order valence-corrected chi connectivity index (χ1v) is 6.85. The van der Waals surface area contributed by atoms with Crippen LogP contribution in [0.5, 0.6) is 0 Å². The molecule has 1 saturated carbocycles. The molecule has 106 valence electrons. The molecule has 20 heavy (non-hydrogen) atoms. The van der Waals surface area contributed by atoms with Gasteiger partial charge in [-0.05, 0) is 23.8 Å². The van der Waals surface area contributed by atoms with E-state index in [9.17, 15) is 9.59 Å². The van der Waals surface area contributed by atoms with Crippen LogP contribution in [-0.4, -0.2) is 35.2 Å². The third kappa shape index (κ3) is 2.48. The van der Waals surface area contributed by atoms with Crippen molar-refractivity contribution < 1.29 is 19.4 Å². The number of hydrogen-bond acceptors (Lipinski definition) is 3. The largest absolute Gasteiger partial charge is 0.481 e. The predicted octanol–water partition coefficient (Wildman–Crippen LogP) is 1.98. The molecule has 5 heteroatoms. The van der Waals surface area contributed by atoms with Gasteiger partial charge in [0.1, 0.15) is 6.61 Å². The van der Waals surface area contributed by atoms with Gasteiger partial charge in [-0.25, -0.2) is 4.79 Å². The number of rotatable bonds is 3. The Bertz CT molecular complexity index is 516. The van der Waals surface area contributed by atoms with E-state index in [1.165, 1.54) is 0 Å². The van der Waals surface area contributed by atoms with Gasteiger partial charge in [0.2, 0.25) is 0 Å². The highest BCUT2D eigenvalue weighted by atomic mass is 16.6. The fraction of sp³-hybridized carbons (Fsp3) is 0.467. The Morgan fingerprint density at radius 3 is 2.70 bits per heavy atom. The number of hydrogen-bond donors (Lipinski definition) is 1. The normalized spacial score (nSPS) is 27.6. The Kier molecular flexibility index (Phi) is 3.34. The highest BCUT2D eigenvalue weighted by molar-refractivity contribution is 5.75. The highest BCUT2D eigenvalue weighted by Gasteiger charge is 2.57. The summed E-state index contributed by atoms with van der Waals surface area (Å²) in [6.45, 7) is 1.36. The van der Waals surface area contributed by atoms with Crippen molar-refractivity contribution in [3.63, 3.8) is 0 Å². The van der Waals surface area contributed by atoms with Crippen LogP contribution in [0.4, 0.5) is 4.79 Å². The fourth-order valence-electron chi connectivity index (χ4n) is 3.08. The van der Waals surface area contributed by atoms with Crippen molar-refractivity contribution >= 4 is 12.1 Å². The fourth-order valence-corrected chi connectivity index (χ4v) is 3.08. The topological polar surface area (TPSA) is 66.8 Å². The number of carboxylic acids is 1. The van der Waals surface area contributed by atoms with Crippen LogP contribution in [-0.2, 0) is 16.1 Å². The van der Waals surface area contributed by atoms with Gasteiger partial charge in [-0.1, -0.05) is 30.3 Å². The number of amides is 1. The molecular weight excluding hydrogens is 258 g/mol. The van der Waals surface area contributed by atoms with Crippen molar-refractivity contribution in [3.8, 4) is 0 Å². The van der Waals surface area contributed by atoms with Gasteiger partial charge in [0.25, 0.3) is 0 Å². The standard InChI is InChI=1S/C15H17NO4/c17-14(18)13-11-6-7-16(8-12(11)13)15(19)20-9-10-4-2-1-3-5-10/h1-5,11-13H,6-9H2,(H,17,18)/t11-,12+,13?/m1/s1. The van der Waals surface area contributed by atoms with Gasteiger partial charge in [-0.15, -0.1) is 0 Å². The van der Waals surface area contributed by atoms with E-state index >= 15 is 0 Å². The SMILES string of the molecule is O=C(O)C1[C@H]2CN(C(=O)OCc3ccccc3)CC[C@@H]12. The van der Waals surface area contributed by atoms with Crippen molar-refractivity contribution in [3.05, 3.63) is 35.9 Å². The molecule has 1 saturated heterocycles. The Balaban J connectivity index is 1.50. The minimum atomic E-state index is -0.737. The summed E-state index contributed by atoms with van der Waals surface area (Å²) >= 11 is 0. The second kappa shape index (κ2) is 5.15. The van der Waals surface area contributed by atoms with Crippen LogP contribution in [0.15, 0.2) is 30.3 Å². The Morgan fingerprint density at radius 2 is 2.00 bits per heavy atom. The zero-order chi connectivity index (χ0) is 14.1. The van der Waals surface area contributed by atoms with Crippen LogP contribution in [0.3, 0.4) is 0 Å². The first kappa shape index (κ1) is 13.0. The quantitative estimate of drug-likeness (QED) is 0.916. The molecule has 1 aliphatic heterocycles. The molecule has 5 nitrogen and oxygen atoms in total. The van der Waals surface area contributed by atoms with Crippen LogP contribution >= 0.6 is 0 Å². The number of carbonyl (C=O) groups excluding carboxylic acids is 1. The van der Waals surface area contributed by atoms with Gasteiger partial charge in [0, 0.05) is 13.1 Å². The molecule has 0 radical (unpaired) electrons. The third-order valence-electron chi connectivity index (χ3n) is 4.24. The number of benzene rings is 1. The molecule has 0 spiro atoms. The highest BCUT2D eigenvalue weighted by Crippen LogP contribution is 2.51. The second-order valence-electron chi connectivity index (χ2n) is 5.47. The molecule has 0 bridgehead atoms. The van der Waals surface area contributed by atoms with Gasteiger partial charge in [-0.2, -0.15) is 0 Å². The minimum Gasteiger partial charge on any atom is -0.481 e. The van der Waals surface area contributed by atoms with E-state index in [-0.39, 0.29) is 30.5 Å². The molecule has 0 aromatic heterocycles. The molecule has 1 N–H and O–H groups in total. The molecule has 1 aromatic carbocycles. The zero-order valence-electron chi connectivity index (χ0n) is 11.1. The molecule has 1 aliphatic carbocycles. The number of carbonyl (C=O) groups is 2. The lowest BCUT2D eigenvalue weighted by Crippen LogP contribution is -2.37. The van der Waals surface area contributed by atoms with E-state index in [4.69, 9.17) is 9.84 Å². The lowest BCUT2D eigenvalue weighted by Gasteiger charge is -2.25. The number of likely N-dealkylation sites (tertiary alicyclic amines) is 1. The van der Waals surface area contributed by atoms with Crippen LogP contribution in [0, 0.1) is 17.8 Å². The maximum Gasteiger partial charge on any atom is 0.410 e. The number of piperidine rings is 1. The van der Waals surface area contributed by atoms with Crippen LogP contribution < -0.4 is 0 Å². The summed E-state index contributed by atoms with van der Waals surface area (Å²) < 4.78 is 5.27. The number of ether oxygens (including phenoxy) is 1. The molecular formula is C15H17NO4. The minimum absolute atomic E-state index is 0.116. The van der Waals surface area contributed by atoms with Crippen molar-refractivity contribution in [2.24, 2.45) is 17.8 Å². The predicted molar refractivity (Wildman–Crippen MR) is 70.9 cm³/mol. The van der Waals surface area contributed by atoms with E-state index in [1.54, 1.807) is 4.90 Å². The summed E-state index contributed by atoms with van der Waals surface area (Å²) in [4.78, 5) is 24.6. The molecule has 1 amide bonds. The van der Waals surface area contributed by atoms with Gasteiger partial charge in [0.05, 0.1) is 5.92 Å². The van der Waals surface area contributed by atoms with E-state index < -0.39 is 5.97 Å². The van der Waals surface area contributed by atoms with E-state index in [0.29, 0.717) is 13.1 Å². The molecule has 1 aromatic rings. The number of carboxylic acid groups (broad SMARTS) is 1. The summed E-state index contributed by atoms with van der Waals surface area (Å²) in [5, 5.41) is 9.03. The number of nitrogens with zero attached hydrogens (tertiary/aromatic N) is 1. The summed E-state index contributed by atoms with van der Waals surface area (Å²) in [6.07, 6.45) is 0.422. The Labute approximate surface area is 117 Å². The third-order valence-corrected chi connectivity index (χ3v) is 4.24. The lowest BCUT2D eigenvalue weighted by molar-refractivity contribution is -0.139. The Morgan fingerprint density at radius 1 is 1.25 bits per heavy atom. The second-order valence-corrected chi connectivity index (χ2v) is 5.47. The van der Waals surface area contributed by atoms with Gasteiger partial charge in [-0.3, -0.25) is 4.79 Å². The number of aliphatic carboxylic acids is 1. The van der Waals surface area contributed by atoms with Crippen LogP contribution in [0.2, 0.25) is 0 Å². The van der Waals surface area contributed by atoms with Crippen molar-refractivity contribution in [2.75, 3.05) is 13.1 Å². The lowest BCUT2D eigenvalue weighted by atomic mass is 10.1. The maximum atomic E-state index is 12.0. The zero-order valence-corrected chi connectivity index (χ0v) is 11.1. The summed E-state index contributed by atoms with van der Waals surface area (Å²) in [5.41, 5.74) is 0.950. The van der Waals surface area contributed by atoms with E-state index in [1.807, 2.05) is 30.3 Å². The first-order valence-electron chi connectivity index (χ1n) is 6.85. The molecule has 2 fully saturated rings. The van der Waals surface area contributed by atoms with Crippen molar-refractivity contribution in [2.45, 2.75) is 13.0 Å². The van der Waals surface area contributed by atoms with E-state index in [0.717, 1.165) is 12.0 Å². The van der Waals surface area contributed by atoms with E-state index in [2.05, 4.69) is 0 Å². The van der Waals surface area contributed by atoms with Crippen molar-refractivity contribution in [1.82, 2.24) is 4.90 Å². The molecule has 2 aliphatic rings. The first-order chi connectivity index (χ1) is 9.66. The average molecular weight is 275 g/mol. The smallest absolute Gasteiger partial charge is 0.410 e. The summed E-state index contributed by atoms with van der Waals surface area (Å²) in [7, 11) is 0. The Hall–Kier alpha value is -2.04. The van der Waals surface area contributed by atoms with Crippen molar-refractivity contribution in [1.29, 1.82) is 0 Å². The molecule has 1 unspecified atom stereocenters. The monoisotopic (exact) mass is 275 g/mol. The van der Waals surface area contributed by atoms with Gasteiger partial charge >= 0.3 is 12.1 Å². The average Bonchev–Trinajstić information content (AvgIpc) is 3.19. The number of fused-ring (bicyclic) bond motifs is 1. The van der Waals surface area contributed by atoms with Crippen LogP contribution in [0.25, 0.3) is 0 Å². The van der Waals surface area contributed by atoms with Gasteiger partial charge in [0.15, 0.2) is 0 Å². The summed E-state index contributed by atoms with van der Waals surface area (Å²) in [6, 6.07) is 9.52. The summed E-state index contributed by atoms with van der Waals surface area (Å²) in [5.74, 6) is -0.627. The van der Waals surface area contributed by atoms with Gasteiger partial charge < -0.3 is 14.7 Å².